The Morgan fingerprint density at radius 3 is 2.40 bits per heavy atom. The minimum Gasteiger partial charge on any atom is -0.369 e. The van der Waals surface area contributed by atoms with E-state index in [-0.39, 0.29) is 11.8 Å². The third kappa shape index (κ3) is 4.98. The predicted molar refractivity (Wildman–Crippen MR) is 141 cm³/mol. The zero-order valence-corrected chi connectivity index (χ0v) is 21.2. The first-order chi connectivity index (χ1) is 17.0. The number of fused-ring (bicyclic) bond motifs is 1. The van der Waals surface area contributed by atoms with E-state index in [0.29, 0.717) is 6.54 Å². The zero-order chi connectivity index (χ0) is 24.4. The van der Waals surface area contributed by atoms with Crippen LogP contribution >= 0.6 is 0 Å². The molecule has 3 aromatic rings. The molecule has 2 saturated heterocycles. The summed E-state index contributed by atoms with van der Waals surface area (Å²) in [5, 5.41) is 9.01. The van der Waals surface area contributed by atoms with Crippen molar-refractivity contribution in [2.24, 2.45) is 5.92 Å². The van der Waals surface area contributed by atoms with Crippen LogP contribution in [-0.4, -0.2) is 71.9 Å². The summed E-state index contributed by atoms with van der Waals surface area (Å²) in [5.41, 5.74) is 4.56. The number of amides is 1. The van der Waals surface area contributed by atoms with E-state index in [9.17, 15) is 4.79 Å². The molecule has 186 valence electrons. The number of aromatic nitrogens is 3. The number of piperazine rings is 1. The van der Waals surface area contributed by atoms with Gasteiger partial charge in [0.05, 0.1) is 5.69 Å². The average molecular weight is 476 g/mol. The molecule has 0 bridgehead atoms. The van der Waals surface area contributed by atoms with Crippen LogP contribution in [0.5, 0.6) is 0 Å². The van der Waals surface area contributed by atoms with E-state index >= 15 is 0 Å². The van der Waals surface area contributed by atoms with E-state index in [1.54, 1.807) is 0 Å². The number of likely N-dealkylation sites (N-methyl/N-ethyl adjacent to an activating group) is 1. The van der Waals surface area contributed by atoms with Gasteiger partial charge in [0.1, 0.15) is 5.52 Å². The molecule has 0 unspecified atom stereocenters. The normalized spacial score (nSPS) is 17.8. The topological polar surface area (TPSA) is 69.5 Å². The Hall–Kier alpha value is -3.13. The first kappa shape index (κ1) is 23.6. The first-order valence-electron chi connectivity index (χ1n) is 12.9. The molecule has 0 radical (unpaired) electrons. The second-order valence-corrected chi connectivity index (χ2v) is 9.87. The van der Waals surface area contributed by atoms with Crippen LogP contribution in [0.2, 0.25) is 0 Å². The highest BCUT2D eigenvalue weighted by atomic mass is 16.1. The van der Waals surface area contributed by atoms with Gasteiger partial charge in [0, 0.05) is 75.5 Å². The number of carbonyl (C=O) groups excluding carboxylic acids is 1. The molecule has 5 rings (SSSR count). The van der Waals surface area contributed by atoms with Crippen LogP contribution in [0.3, 0.4) is 0 Å². The van der Waals surface area contributed by atoms with Crippen LogP contribution in [0.1, 0.15) is 31.0 Å². The van der Waals surface area contributed by atoms with Gasteiger partial charge in [-0.15, -0.1) is 0 Å². The Balaban J connectivity index is 1.14. The van der Waals surface area contributed by atoms with Crippen LogP contribution < -0.4 is 15.1 Å². The molecule has 4 heterocycles. The SMILES string of the molecule is CCn1nc(C)c2ccnc(N3CCC(C(=O)NCc4ccc(N5CCN(C)CC5)cc4)CC3)c21. The van der Waals surface area contributed by atoms with Crippen molar-refractivity contribution < 1.29 is 4.79 Å². The molecule has 0 aliphatic carbocycles. The van der Waals surface area contributed by atoms with Gasteiger partial charge >= 0.3 is 0 Å². The minimum absolute atomic E-state index is 0.0490. The van der Waals surface area contributed by atoms with Crippen LogP contribution in [-0.2, 0) is 17.9 Å². The van der Waals surface area contributed by atoms with Crippen molar-refractivity contribution >= 4 is 28.3 Å². The second kappa shape index (κ2) is 10.2. The fraction of sp³-hybridized carbons (Fsp3) is 0.519. The highest BCUT2D eigenvalue weighted by Gasteiger charge is 2.27. The number of rotatable bonds is 6. The molecule has 0 spiro atoms. The fourth-order valence-electron chi connectivity index (χ4n) is 5.31. The average Bonchev–Trinajstić information content (AvgIpc) is 3.24. The van der Waals surface area contributed by atoms with Crippen molar-refractivity contribution in [2.75, 3.05) is 56.1 Å². The monoisotopic (exact) mass is 475 g/mol. The van der Waals surface area contributed by atoms with Crippen LogP contribution in [0.25, 0.3) is 10.9 Å². The molecule has 2 aliphatic heterocycles. The maximum absolute atomic E-state index is 12.9. The third-order valence-electron chi connectivity index (χ3n) is 7.56. The molecule has 8 heteroatoms. The van der Waals surface area contributed by atoms with E-state index in [1.807, 2.05) is 16.9 Å². The maximum atomic E-state index is 12.9. The third-order valence-corrected chi connectivity index (χ3v) is 7.56. The van der Waals surface area contributed by atoms with Crippen molar-refractivity contribution in [1.29, 1.82) is 0 Å². The van der Waals surface area contributed by atoms with Crippen molar-refractivity contribution in [3.63, 3.8) is 0 Å². The number of benzene rings is 1. The molecule has 2 aromatic heterocycles. The summed E-state index contributed by atoms with van der Waals surface area (Å²) in [5.74, 6) is 1.20. The fourth-order valence-corrected chi connectivity index (χ4v) is 5.31. The van der Waals surface area contributed by atoms with Crippen molar-refractivity contribution in [3.8, 4) is 0 Å². The van der Waals surface area contributed by atoms with Gasteiger partial charge in [0.15, 0.2) is 5.82 Å². The Labute approximate surface area is 207 Å². The minimum atomic E-state index is 0.0490. The second-order valence-electron chi connectivity index (χ2n) is 9.87. The van der Waals surface area contributed by atoms with Gasteiger partial charge in [-0.2, -0.15) is 5.10 Å². The van der Waals surface area contributed by atoms with Crippen LogP contribution in [0, 0.1) is 12.8 Å². The van der Waals surface area contributed by atoms with E-state index in [4.69, 9.17) is 4.98 Å². The quantitative estimate of drug-likeness (QED) is 0.591. The largest absolute Gasteiger partial charge is 0.369 e. The molecule has 2 fully saturated rings. The van der Waals surface area contributed by atoms with Gasteiger partial charge < -0.3 is 20.0 Å². The molecule has 1 aromatic carbocycles. The van der Waals surface area contributed by atoms with Gasteiger partial charge in [-0.05, 0) is 57.5 Å². The van der Waals surface area contributed by atoms with Crippen LogP contribution in [0.4, 0.5) is 11.5 Å². The summed E-state index contributed by atoms with van der Waals surface area (Å²) in [4.78, 5) is 24.7. The standard InChI is InChI=1S/C27H37N7O/c1-4-34-25-24(20(2)30-34)9-12-28-26(25)33-13-10-22(11-14-33)27(35)29-19-21-5-7-23(8-6-21)32-17-15-31(3)16-18-32/h5-9,12,22H,4,10-11,13-19H2,1-3H3,(H,29,35). The number of hydrogen-bond donors (Lipinski definition) is 1. The molecule has 1 N–H and O–H groups in total. The summed E-state index contributed by atoms with van der Waals surface area (Å²) in [6.07, 6.45) is 3.55. The highest BCUT2D eigenvalue weighted by Crippen LogP contribution is 2.30. The molecule has 1 amide bonds. The summed E-state index contributed by atoms with van der Waals surface area (Å²) in [6, 6.07) is 10.7. The van der Waals surface area contributed by atoms with Gasteiger partial charge in [-0.25, -0.2) is 4.98 Å². The Morgan fingerprint density at radius 1 is 1.00 bits per heavy atom. The van der Waals surface area contributed by atoms with E-state index in [1.165, 1.54) is 5.69 Å². The predicted octanol–water partition coefficient (Wildman–Crippen LogP) is 3.04. The lowest BCUT2D eigenvalue weighted by atomic mass is 9.95. The summed E-state index contributed by atoms with van der Waals surface area (Å²) < 4.78 is 2.04. The highest BCUT2D eigenvalue weighted by molar-refractivity contribution is 5.91. The molecular formula is C27H37N7O. The number of nitrogens with zero attached hydrogens (tertiary/aromatic N) is 6. The summed E-state index contributed by atoms with van der Waals surface area (Å²) in [7, 11) is 2.17. The van der Waals surface area contributed by atoms with E-state index in [0.717, 1.165) is 86.6 Å². The van der Waals surface area contributed by atoms with E-state index in [2.05, 4.69) is 70.3 Å². The Morgan fingerprint density at radius 2 is 1.71 bits per heavy atom. The first-order valence-corrected chi connectivity index (χ1v) is 12.9. The van der Waals surface area contributed by atoms with Gasteiger partial charge in [-0.3, -0.25) is 9.48 Å². The number of piperidine rings is 1. The van der Waals surface area contributed by atoms with Gasteiger partial charge in [-0.1, -0.05) is 12.1 Å². The Kier molecular flexibility index (Phi) is 6.90. The molecule has 35 heavy (non-hydrogen) atoms. The number of anilines is 2. The zero-order valence-electron chi connectivity index (χ0n) is 21.2. The summed E-state index contributed by atoms with van der Waals surface area (Å²) in [6.45, 7) is 11.6. The van der Waals surface area contributed by atoms with Gasteiger partial charge in [0.2, 0.25) is 5.91 Å². The number of carbonyl (C=O) groups is 1. The van der Waals surface area contributed by atoms with Crippen LogP contribution in [0.15, 0.2) is 36.5 Å². The number of aryl methyl sites for hydroxylation is 2. The Bertz CT molecular complexity index is 1160. The molecule has 0 atom stereocenters. The van der Waals surface area contributed by atoms with E-state index < -0.39 is 0 Å². The number of pyridine rings is 1. The summed E-state index contributed by atoms with van der Waals surface area (Å²) >= 11 is 0. The lowest BCUT2D eigenvalue weighted by Gasteiger charge is -2.34. The number of hydrogen-bond acceptors (Lipinski definition) is 6. The molecule has 8 nitrogen and oxygen atoms in total. The molecular weight excluding hydrogens is 438 g/mol. The van der Waals surface area contributed by atoms with Crippen molar-refractivity contribution in [3.05, 3.63) is 47.8 Å². The molecule has 0 saturated carbocycles. The molecule has 2 aliphatic rings. The lowest BCUT2D eigenvalue weighted by Crippen LogP contribution is -2.44. The maximum Gasteiger partial charge on any atom is 0.223 e. The van der Waals surface area contributed by atoms with Crippen molar-refractivity contribution in [2.45, 2.75) is 39.8 Å². The number of nitrogens with one attached hydrogen (secondary N) is 1. The van der Waals surface area contributed by atoms with Crippen molar-refractivity contribution in [1.82, 2.24) is 25.0 Å². The smallest absolute Gasteiger partial charge is 0.223 e. The van der Waals surface area contributed by atoms with Gasteiger partial charge in [0.25, 0.3) is 0 Å². The lowest BCUT2D eigenvalue weighted by molar-refractivity contribution is -0.125.